The van der Waals surface area contributed by atoms with Gasteiger partial charge < -0.3 is 4.98 Å². The molecule has 1 atom stereocenters. The third-order valence-electron chi connectivity index (χ3n) is 5.11. The van der Waals surface area contributed by atoms with Crippen LogP contribution in [0.25, 0.3) is 11.0 Å². The zero-order chi connectivity index (χ0) is 15.6. The summed E-state index contributed by atoms with van der Waals surface area (Å²) < 4.78 is 14.4. The zero-order valence-electron chi connectivity index (χ0n) is 13.1. The van der Waals surface area contributed by atoms with E-state index in [1.54, 1.807) is 18.3 Å². The fourth-order valence-electron chi connectivity index (χ4n) is 3.93. The van der Waals surface area contributed by atoms with Crippen molar-refractivity contribution in [2.75, 3.05) is 0 Å². The Labute approximate surface area is 135 Å². The summed E-state index contributed by atoms with van der Waals surface area (Å²) in [6.45, 7) is 0. The fourth-order valence-corrected chi connectivity index (χ4v) is 3.93. The minimum Gasteiger partial charge on any atom is -0.343 e. The molecule has 2 aromatic heterocycles. The fraction of sp³-hybridized carbons (Fsp3) is 0.350. The molecular formula is C20H21FN2. The molecule has 2 heterocycles. The Morgan fingerprint density at radius 2 is 1.96 bits per heavy atom. The number of aromatic nitrogens is 2. The quantitative estimate of drug-likeness (QED) is 0.685. The first-order chi connectivity index (χ1) is 11.3. The number of H-pyrrole nitrogens is 1. The molecule has 23 heavy (non-hydrogen) atoms. The molecule has 1 N–H and O–H groups in total. The summed E-state index contributed by atoms with van der Waals surface area (Å²) in [6.07, 6.45) is 7.95. The average Bonchev–Trinajstić information content (AvgIpc) is 3.22. The number of hydrogen-bond acceptors (Lipinski definition) is 1. The SMILES string of the molecule is Fc1ccccc1C(CC1CCCC1)c1cc2cccnc2[nH]1. The van der Waals surface area contributed by atoms with Crippen LogP contribution in [-0.2, 0) is 0 Å². The van der Waals surface area contributed by atoms with E-state index in [1.807, 2.05) is 18.2 Å². The van der Waals surface area contributed by atoms with Crippen LogP contribution in [0.5, 0.6) is 0 Å². The highest BCUT2D eigenvalue weighted by molar-refractivity contribution is 5.76. The van der Waals surface area contributed by atoms with Crippen molar-refractivity contribution in [2.45, 2.75) is 38.0 Å². The van der Waals surface area contributed by atoms with Crippen LogP contribution < -0.4 is 0 Å². The van der Waals surface area contributed by atoms with E-state index in [9.17, 15) is 4.39 Å². The molecule has 0 saturated heterocycles. The van der Waals surface area contributed by atoms with E-state index in [-0.39, 0.29) is 11.7 Å². The number of fused-ring (bicyclic) bond motifs is 1. The summed E-state index contributed by atoms with van der Waals surface area (Å²) in [5, 5.41) is 1.09. The topological polar surface area (TPSA) is 28.7 Å². The third-order valence-corrected chi connectivity index (χ3v) is 5.11. The van der Waals surface area contributed by atoms with Gasteiger partial charge in [-0.25, -0.2) is 9.37 Å². The molecule has 1 aliphatic rings. The second-order valence-electron chi connectivity index (χ2n) is 6.63. The third kappa shape index (κ3) is 2.88. The molecule has 1 fully saturated rings. The van der Waals surface area contributed by atoms with Crippen molar-refractivity contribution in [3.05, 3.63) is 65.7 Å². The molecule has 1 saturated carbocycles. The summed E-state index contributed by atoms with van der Waals surface area (Å²) in [5.74, 6) is 0.662. The van der Waals surface area contributed by atoms with Crippen molar-refractivity contribution in [2.24, 2.45) is 5.92 Å². The van der Waals surface area contributed by atoms with E-state index in [1.165, 1.54) is 25.7 Å². The maximum atomic E-state index is 14.4. The lowest BCUT2D eigenvalue weighted by Gasteiger charge is -2.20. The number of aromatic amines is 1. The highest BCUT2D eigenvalue weighted by Crippen LogP contribution is 2.38. The standard InChI is InChI=1S/C20H21FN2/c21-18-10-4-3-9-16(18)17(12-14-6-1-2-7-14)19-13-15-8-5-11-22-20(15)23-19/h3-5,8-11,13-14,17H,1-2,6-7,12H2,(H,22,23). The Kier molecular flexibility index (Phi) is 3.86. The zero-order valence-corrected chi connectivity index (χ0v) is 13.1. The first-order valence-corrected chi connectivity index (χ1v) is 8.49. The number of rotatable bonds is 4. The van der Waals surface area contributed by atoms with Gasteiger partial charge in [-0.3, -0.25) is 0 Å². The molecule has 2 nitrogen and oxygen atoms in total. The van der Waals surface area contributed by atoms with Gasteiger partial charge in [-0.2, -0.15) is 0 Å². The first kappa shape index (κ1) is 14.4. The van der Waals surface area contributed by atoms with Crippen LogP contribution in [0.2, 0.25) is 0 Å². The van der Waals surface area contributed by atoms with Crippen molar-refractivity contribution < 1.29 is 4.39 Å². The van der Waals surface area contributed by atoms with Crippen LogP contribution in [0.15, 0.2) is 48.7 Å². The van der Waals surface area contributed by atoms with Gasteiger partial charge in [-0.05, 0) is 42.2 Å². The molecule has 0 spiro atoms. The first-order valence-electron chi connectivity index (χ1n) is 8.49. The van der Waals surface area contributed by atoms with Crippen LogP contribution in [-0.4, -0.2) is 9.97 Å². The molecule has 0 amide bonds. The Bertz CT molecular complexity index is 769. The number of benzene rings is 1. The Balaban J connectivity index is 1.75. The average molecular weight is 308 g/mol. The van der Waals surface area contributed by atoms with E-state index in [4.69, 9.17) is 0 Å². The number of nitrogens with one attached hydrogen (secondary N) is 1. The largest absolute Gasteiger partial charge is 0.343 e. The second-order valence-corrected chi connectivity index (χ2v) is 6.63. The van der Waals surface area contributed by atoms with Crippen molar-refractivity contribution in [1.29, 1.82) is 0 Å². The van der Waals surface area contributed by atoms with Crippen molar-refractivity contribution >= 4 is 11.0 Å². The number of hydrogen-bond donors (Lipinski definition) is 1. The van der Waals surface area contributed by atoms with Crippen LogP contribution in [0.3, 0.4) is 0 Å². The predicted octanol–water partition coefficient (Wildman–Crippen LogP) is 5.41. The monoisotopic (exact) mass is 308 g/mol. The van der Waals surface area contributed by atoms with E-state index in [0.29, 0.717) is 5.92 Å². The van der Waals surface area contributed by atoms with Crippen molar-refractivity contribution in [3.63, 3.8) is 0 Å². The Hall–Kier alpha value is -2.16. The predicted molar refractivity (Wildman–Crippen MR) is 90.9 cm³/mol. The summed E-state index contributed by atoms with van der Waals surface area (Å²) in [4.78, 5) is 7.80. The van der Waals surface area contributed by atoms with Crippen LogP contribution >= 0.6 is 0 Å². The molecule has 118 valence electrons. The maximum absolute atomic E-state index is 14.4. The van der Waals surface area contributed by atoms with Crippen molar-refractivity contribution in [3.8, 4) is 0 Å². The molecule has 3 aromatic rings. The Morgan fingerprint density at radius 3 is 2.74 bits per heavy atom. The highest BCUT2D eigenvalue weighted by atomic mass is 19.1. The number of halogens is 1. The van der Waals surface area contributed by atoms with E-state index >= 15 is 0 Å². The van der Waals surface area contributed by atoms with Gasteiger partial charge >= 0.3 is 0 Å². The highest BCUT2D eigenvalue weighted by Gasteiger charge is 2.25. The molecule has 0 bridgehead atoms. The molecule has 1 unspecified atom stereocenters. The minimum absolute atomic E-state index is 0.0773. The van der Waals surface area contributed by atoms with Crippen LogP contribution in [0, 0.1) is 11.7 Å². The lowest BCUT2D eigenvalue weighted by molar-refractivity contribution is 0.459. The van der Waals surface area contributed by atoms with E-state index in [0.717, 1.165) is 28.7 Å². The Morgan fingerprint density at radius 1 is 1.13 bits per heavy atom. The summed E-state index contributed by atoms with van der Waals surface area (Å²) in [6, 6.07) is 13.3. The van der Waals surface area contributed by atoms with Crippen molar-refractivity contribution in [1.82, 2.24) is 9.97 Å². The molecule has 3 heteroatoms. The summed E-state index contributed by atoms with van der Waals surface area (Å²) >= 11 is 0. The normalized spacial score (nSPS) is 16.9. The molecule has 1 aromatic carbocycles. The molecule has 1 aliphatic carbocycles. The molecule has 0 aliphatic heterocycles. The lowest BCUT2D eigenvalue weighted by Crippen LogP contribution is -2.09. The van der Waals surface area contributed by atoms with Gasteiger partial charge in [0, 0.05) is 23.2 Å². The minimum atomic E-state index is -0.109. The van der Waals surface area contributed by atoms with Gasteiger partial charge in [0.2, 0.25) is 0 Å². The smallest absolute Gasteiger partial charge is 0.137 e. The second kappa shape index (κ2) is 6.15. The molecular weight excluding hydrogens is 287 g/mol. The van der Waals surface area contributed by atoms with Gasteiger partial charge in [-0.15, -0.1) is 0 Å². The summed E-state index contributed by atoms with van der Waals surface area (Å²) in [7, 11) is 0. The summed E-state index contributed by atoms with van der Waals surface area (Å²) in [5.41, 5.74) is 2.76. The van der Waals surface area contributed by atoms with Gasteiger partial charge in [0.05, 0.1) is 0 Å². The van der Waals surface area contributed by atoms with Crippen LogP contribution in [0.4, 0.5) is 4.39 Å². The van der Waals surface area contributed by atoms with Gasteiger partial charge in [0.1, 0.15) is 11.5 Å². The number of pyridine rings is 1. The van der Waals surface area contributed by atoms with E-state index < -0.39 is 0 Å². The molecule has 4 rings (SSSR count). The van der Waals surface area contributed by atoms with Crippen LogP contribution in [0.1, 0.15) is 49.3 Å². The van der Waals surface area contributed by atoms with Gasteiger partial charge in [-0.1, -0.05) is 43.9 Å². The van der Waals surface area contributed by atoms with Gasteiger partial charge in [0.15, 0.2) is 0 Å². The van der Waals surface area contributed by atoms with Gasteiger partial charge in [0.25, 0.3) is 0 Å². The molecule has 0 radical (unpaired) electrons. The number of nitrogens with zero attached hydrogens (tertiary/aromatic N) is 1. The maximum Gasteiger partial charge on any atom is 0.137 e. The lowest BCUT2D eigenvalue weighted by atomic mass is 9.85. The van der Waals surface area contributed by atoms with E-state index in [2.05, 4.69) is 22.1 Å².